The van der Waals surface area contributed by atoms with Gasteiger partial charge in [-0.3, -0.25) is 0 Å². The summed E-state index contributed by atoms with van der Waals surface area (Å²) in [7, 11) is 0. The van der Waals surface area contributed by atoms with Crippen LogP contribution in [0, 0.1) is 12.3 Å². The number of hydrogen-bond acceptors (Lipinski definition) is 0. The molecule has 1 saturated carbocycles. The summed E-state index contributed by atoms with van der Waals surface area (Å²) in [5.41, 5.74) is 3.47. The monoisotopic (exact) mass is 330 g/mol. The van der Waals surface area contributed by atoms with Crippen molar-refractivity contribution in [3.8, 4) is 0 Å². The summed E-state index contributed by atoms with van der Waals surface area (Å²) in [6, 6.07) is 6.61. The van der Waals surface area contributed by atoms with E-state index in [-0.39, 0.29) is 0 Å². The minimum absolute atomic E-state index is 0.547. The van der Waals surface area contributed by atoms with Crippen LogP contribution in [0.25, 0.3) is 0 Å². The highest BCUT2D eigenvalue weighted by Crippen LogP contribution is 2.45. The molecule has 0 atom stereocenters. The van der Waals surface area contributed by atoms with Gasteiger partial charge in [-0.2, -0.15) is 0 Å². The number of halogens is 2. The number of aryl methyl sites for hydroxylation is 1. The molecule has 1 aromatic rings. The van der Waals surface area contributed by atoms with Gasteiger partial charge < -0.3 is 0 Å². The zero-order valence-electron chi connectivity index (χ0n) is 9.02. The van der Waals surface area contributed by atoms with Gasteiger partial charge in [-0.15, -0.1) is 0 Å². The molecule has 0 aliphatic heterocycles. The first kappa shape index (κ1) is 11.7. The minimum atomic E-state index is 0.547. The Morgan fingerprint density at radius 3 is 2.60 bits per heavy atom. The number of hydrogen-bond donors (Lipinski definition) is 0. The van der Waals surface area contributed by atoms with Gasteiger partial charge in [0.05, 0.1) is 0 Å². The van der Waals surface area contributed by atoms with Gasteiger partial charge in [-0.05, 0) is 54.9 Å². The maximum Gasteiger partial charge on any atom is 0.0178 e. The van der Waals surface area contributed by atoms with Crippen LogP contribution in [0.1, 0.15) is 30.4 Å². The van der Waals surface area contributed by atoms with Gasteiger partial charge in [0.1, 0.15) is 0 Å². The van der Waals surface area contributed by atoms with Crippen LogP contribution < -0.4 is 0 Å². The lowest BCUT2D eigenvalue weighted by Gasteiger charge is -2.41. The number of rotatable bonds is 3. The summed E-state index contributed by atoms with van der Waals surface area (Å²) in [5, 5.41) is 1.14. The Bertz CT molecular complexity index is 348. The van der Waals surface area contributed by atoms with Crippen LogP contribution in [0.2, 0.25) is 0 Å². The fourth-order valence-electron chi connectivity index (χ4n) is 2.27. The highest BCUT2D eigenvalue weighted by molar-refractivity contribution is 9.10. The second-order valence-electron chi connectivity index (χ2n) is 4.73. The van der Waals surface area contributed by atoms with Gasteiger partial charge in [0.2, 0.25) is 0 Å². The summed E-state index contributed by atoms with van der Waals surface area (Å²) >= 11 is 7.23. The molecule has 0 amide bonds. The van der Waals surface area contributed by atoms with Crippen LogP contribution in [0.4, 0.5) is 0 Å². The van der Waals surface area contributed by atoms with Crippen molar-refractivity contribution in [3.63, 3.8) is 0 Å². The minimum Gasteiger partial charge on any atom is -0.0922 e. The highest BCUT2D eigenvalue weighted by Gasteiger charge is 2.36. The molecule has 0 spiro atoms. The summed E-state index contributed by atoms with van der Waals surface area (Å²) in [5.74, 6) is 0. The lowest BCUT2D eigenvalue weighted by atomic mass is 9.66. The van der Waals surface area contributed by atoms with E-state index in [2.05, 4.69) is 57.0 Å². The maximum absolute atomic E-state index is 3.67. The molecule has 0 aromatic heterocycles. The Kier molecular flexibility index (Phi) is 3.56. The lowest BCUT2D eigenvalue weighted by molar-refractivity contribution is 0.169. The molecule has 1 aliphatic rings. The van der Waals surface area contributed by atoms with E-state index in [1.165, 1.54) is 41.3 Å². The van der Waals surface area contributed by atoms with Gasteiger partial charge in [-0.25, -0.2) is 0 Å². The van der Waals surface area contributed by atoms with Gasteiger partial charge in [0.25, 0.3) is 0 Å². The van der Waals surface area contributed by atoms with Crippen molar-refractivity contribution in [1.82, 2.24) is 0 Å². The van der Waals surface area contributed by atoms with Crippen molar-refractivity contribution in [1.29, 1.82) is 0 Å². The third-order valence-corrected chi connectivity index (χ3v) is 5.26. The zero-order chi connectivity index (χ0) is 10.9. The Labute approximate surface area is 109 Å². The number of alkyl halides is 1. The van der Waals surface area contributed by atoms with Gasteiger partial charge in [-0.1, -0.05) is 44.3 Å². The molecular formula is C13H16Br2. The average molecular weight is 332 g/mol. The van der Waals surface area contributed by atoms with Crippen molar-refractivity contribution in [2.75, 3.05) is 5.33 Å². The van der Waals surface area contributed by atoms with Crippen LogP contribution >= 0.6 is 31.9 Å². The van der Waals surface area contributed by atoms with E-state index in [1.54, 1.807) is 0 Å². The topological polar surface area (TPSA) is 0 Å². The molecule has 0 radical (unpaired) electrons. The van der Waals surface area contributed by atoms with E-state index in [0.29, 0.717) is 5.41 Å². The Balaban J connectivity index is 2.19. The van der Waals surface area contributed by atoms with Crippen LogP contribution in [-0.4, -0.2) is 5.33 Å². The Morgan fingerprint density at radius 2 is 2.07 bits per heavy atom. The third kappa shape index (κ3) is 2.47. The average Bonchev–Trinajstić information content (AvgIpc) is 2.17. The van der Waals surface area contributed by atoms with E-state index in [9.17, 15) is 0 Å². The third-order valence-electron chi connectivity index (χ3n) is 3.57. The smallest absolute Gasteiger partial charge is 0.0178 e. The summed E-state index contributed by atoms with van der Waals surface area (Å²) in [6.45, 7) is 2.21. The van der Waals surface area contributed by atoms with E-state index in [4.69, 9.17) is 0 Å². The molecule has 0 heterocycles. The molecule has 1 aromatic carbocycles. The molecule has 1 fully saturated rings. The van der Waals surface area contributed by atoms with E-state index < -0.39 is 0 Å². The predicted octanol–water partition coefficient (Wildman–Crippen LogP) is 4.87. The highest BCUT2D eigenvalue weighted by atomic mass is 79.9. The van der Waals surface area contributed by atoms with Crippen molar-refractivity contribution in [2.24, 2.45) is 5.41 Å². The largest absolute Gasteiger partial charge is 0.0922 e. The first-order valence-electron chi connectivity index (χ1n) is 5.46. The summed E-state index contributed by atoms with van der Waals surface area (Å²) < 4.78 is 1.20. The first-order valence-corrected chi connectivity index (χ1v) is 7.38. The van der Waals surface area contributed by atoms with E-state index >= 15 is 0 Å². The van der Waals surface area contributed by atoms with Crippen molar-refractivity contribution in [2.45, 2.75) is 32.6 Å². The molecule has 0 nitrogen and oxygen atoms in total. The molecule has 0 unspecified atom stereocenters. The maximum atomic E-state index is 3.67. The normalized spacial score (nSPS) is 18.6. The lowest BCUT2D eigenvalue weighted by Crippen LogP contribution is -2.33. The van der Waals surface area contributed by atoms with Crippen molar-refractivity contribution in [3.05, 3.63) is 33.8 Å². The van der Waals surface area contributed by atoms with Crippen LogP contribution in [-0.2, 0) is 6.42 Å². The summed E-state index contributed by atoms with van der Waals surface area (Å²) in [6.07, 6.45) is 5.39. The fraction of sp³-hybridized carbons (Fsp3) is 0.538. The molecular weight excluding hydrogens is 316 g/mol. The van der Waals surface area contributed by atoms with Crippen LogP contribution in [0.15, 0.2) is 22.7 Å². The SMILES string of the molecule is Cc1ccc(Br)cc1CC1(CBr)CCC1. The predicted molar refractivity (Wildman–Crippen MR) is 72.7 cm³/mol. The number of benzene rings is 1. The van der Waals surface area contributed by atoms with Crippen molar-refractivity contribution < 1.29 is 0 Å². The van der Waals surface area contributed by atoms with E-state index in [1.807, 2.05) is 0 Å². The first-order chi connectivity index (χ1) is 7.15. The van der Waals surface area contributed by atoms with E-state index in [0.717, 1.165) is 5.33 Å². The van der Waals surface area contributed by atoms with Crippen LogP contribution in [0.5, 0.6) is 0 Å². The molecule has 1 aliphatic carbocycles. The second kappa shape index (κ2) is 4.58. The second-order valence-corrected chi connectivity index (χ2v) is 6.21. The Hall–Kier alpha value is 0.180. The quantitative estimate of drug-likeness (QED) is 0.693. The molecule has 0 bridgehead atoms. The zero-order valence-corrected chi connectivity index (χ0v) is 12.2. The standard InChI is InChI=1S/C13H16Br2/c1-10-3-4-12(15)7-11(10)8-13(9-14)5-2-6-13/h3-4,7H,2,5-6,8-9H2,1H3. The van der Waals surface area contributed by atoms with Crippen LogP contribution in [0.3, 0.4) is 0 Å². The van der Waals surface area contributed by atoms with Gasteiger partial charge in [0, 0.05) is 9.80 Å². The van der Waals surface area contributed by atoms with Gasteiger partial charge in [0.15, 0.2) is 0 Å². The van der Waals surface area contributed by atoms with Crippen molar-refractivity contribution >= 4 is 31.9 Å². The molecule has 0 N–H and O–H groups in total. The fourth-order valence-corrected chi connectivity index (χ4v) is 3.44. The Morgan fingerprint density at radius 1 is 1.33 bits per heavy atom. The summed E-state index contributed by atoms with van der Waals surface area (Å²) in [4.78, 5) is 0. The molecule has 15 heavy (non-hydrogen) atoms. The molecule has 2 rings (SSSR count). The molecule has 2 heteroatoms. The molecule has 0 saturated heterocycles. The molecule has 82 valence electrons. The van der Waals surface area contributed by atoms with Gasteiger partial charge >= 0.3 is 0 Å².